The molecule has 0 aliphatic carbocycles. The van der Waals surface area contributed by atoms with Gasteiger partial charge in [-0.1, -0.05) is 30.3 Å². The summed E-state index contributed by atoms with van der Waals surface area (Å²) in [7, 11) is 2.07. The van der Waals surface area contributed by atoms with Crippen molar-refractivity contribution >= 4 is 60.0 Å². The number of anilines is 2. The van der Waals surface area contributed by atoms with Gasteiger partial charge < -0.3 is 24.3 Å². The van der Waals surface area contributed by atoms with E-state index >= 15 is 0 Å². The first kappa shape index (κ1) is 25.3. The first-order valence-electron chi connectivity index (χ1n) is 13.9. The predicted molar refractivity (Wildman–Crippen MR) is 163 cm³/mol. The molecule has 0 saturated carbocycles. The minimum atomic E-state index is -0.0438. The molecule has 2 aliphatic heterocycles. The van der Waals surface area contributed by atoms with E-state index in [0.29, 0.717) is 43.2 Å². The summed E-state index contributed by atoms with van der Waals surface area (Å²) in [5, 5.41) is 5.97. The molecule has 204 valence electrons. The smallest absolute Gasteiger partial charge is 0.228 e. The Morgan fingerprint density at radius 1 is 0.950 bits per heavy atom. The summed E-state index contributed by atoms with van der Waals surface area (Å²) in [6.07, 6.45) is 1.98. The SMILES string of the molecule is CN1CCCC(C(=O)Nc2ccc3sc4c(-c5cccc6c(=O)cc(N7CCOCC7)oc56)cccc4c3c2)C1. The molecule has 2 fully saturated rings. The summed E-state index contributed by atoms with van der Waals surface area (Å²) >= 11 is 1.72. The number of benzene rings is 3. The number of piperidine rings is 1. The Bertz CT molecular complexity index is 1800. The van der Waals surface area contributed by atoms with Gasteiger partial charge in [-0.25, -0.2) is 0 Å². The highest BCUT2D eigenvalue weighted by Crippen LogP contribution is 2.42. The normalized spacial score (nSPS) is 18.5. The topological polar surface area (TPSA) is 75.0 Å². The van der Waals surface area contributed by atoms with E-state index in [1.807, 2.05) is 24.3 Å². The van der Waals surface area contributed by atoms with Crippen LogP contribution in [0.15, 0.2) is 69.9 Å². The van der Waals surface area contributed by atoms with E-state index in [9.17, 15) is 9.59 Å². The van der Waals surface area contributed by atoms with Gasteiger partial charge in [0, 0.05) is 62.7 Å². The summed E-state index contributed by atoms with van der Waals surface area (Å²) in [4.78, 5) is 30.4. The fourth-order valence-electron chi connectivity index (χ4n) is 6.03. The fourth-order valence-corrected chi connectivity index (χ4v) is 7.24. The second kappa shape index (κ2) is 10.4. The van der Waals surface area contributed by atoms with Crippen LogP contribution in [0.5, 0.6) is 0 Å². The van der Waals surface area contributed by atoms with Crippen molar-refractivity contribution < 1.29 is 13.9 Å². The summed E-state index contributed by atoms with van der Waals surface area (Å²) in [5.74, 6) is 0.693. The number of ether oxygens (including phenoxy) is 1. The highest BCUT2D eigenvalue weighted by Gasteiger charge is 2.24. The highest BCUT2D eigenvalue weighted by atomic mass is 32.1. The quantitative estimate of drug-likeness (QED) is 0.297. The second-order valence-electron chi connectivity index (χ2n) is 10.8. The van der Waals surface area contributed by atoms with Crippen LogP contribution in [-0.2, 0) is 9.53 Å². The van der Waals surface area contributed by atoms with Crippen LogP contribution in [-0.4, -0.2) is 57.2 Å². The molecule has 5 aromatic rings. The number of rotatable bonds is 4. The maximum absolute atomic E-state index is 13.1. The van der Waals surface area contributed by atoms with Crippen molar-refractivity contribution in [1.29, 1.82) is 0 Å². The van der Waals surface area contributed by atoms with Crippen LogP contribution < -0.4 is 15.6 Å². The van der Waals surface area contributed by atoms with Crippen molar-refractivity contribution in [1.82, 2.24) is 4.90 Å². The molecule has 40 heavy (non-hydrogen) atoms. The average Bonchev–Trinajstić information content (AvgIpc) is 3.35. The van der Waals surface area contributed by atoms with Gasteiger partial charge in [0.15, 0.2) is 11.3 Å². The maximum atomic E-state index is 13.1. The molecular formula is C32H31N3O4S. The van der Waals surface area contributed by atoms with Crippen LogP contribution >= 0.6 is 11.3 Å². The molecule has 7 rings (SSSR count). The molecule has 1 atom stereocenters. The minimum absolute atomic E-state index is 0.0173. The maximum Gasteiger partial charge on any atom is 0.228 e. The molecule has 3 aromatic carbocycles. The first-order chi connectivity index (χ1) is 19.5. The number of amides is 1. The lowest BCUT2D eigenvalue weighted by Crippen LogP contribution is -2.38. The molecule has 8 heteroatoms. The lowest BCUT2D eigenvalue weighted by Gasteiger charge is -2.28. The molecule has 1 N–H and O–H groups in total. The van der Waals surface area contributed by atoms with Crippen molar-refractivity contribution in [2.45, 2.75) is 12.8 Å². The molecule has 0 radical (unpaired) electrons. The van der Waals surface area contributed by atoms with E-state index in [4.69, 9.17) is 9.15 Å². The van der Waals surface area contributed by atoms with Gasteiger partial charge in [-0.15, -0.1) is 11.3 Å². The van der Waals surface area contributed by atoms with Gasteiger partial charge in [0.2, 0.25) is 5.91 Å². The summed E-state index contributed by atoms with van der Waals surface area (Å²) in [6, 6.07) is 19.8. The molecule has 2 saturated heterocycles. The molecule has 7 nitrogen and oxygen atoms in total. The highest BCUT2D eigenvalue weighted by molar-refractivity contribution is 7.26. The lowest BCUT2D eigenvalue weighted by atomic mass is 9.97. The number of fused-ring (bicyclic) bond motifs is 4. The molecule has 4 heterocycles. The van der Waals surface area contributed by atoms with Crippen LogP contribution in [0.1, 0.15) is 12.8 Å². The third-order valence-corrected chi connectivity index (χ3v) is 9.33. The van der Waals surface area contributed by atoms with E-state index in [0.717, 1.165) is 62.9 Å². The van der Waals surface area contributed by atoms with E-state index in [-0.39, 0.29) is 17.3 Å². The summed E-state index contributed by atoms with van der Waals surface area (Å²) in [6.45, 7) is 4.47. The molecule has 2 aromatic heterocycles. The van der Waals surface area contributed by atoms with Gasteiger partial charge in [0.25, 0.3) is 0 Å². The molecule has 1 amide bonds. The number of thiophene rings is 1. The van der Waals surface area contributed by atoms with Gasteiger partial charge in [-0.2, -0.15) is 0 Å². The second-order valence-corrected chi connectivity index (χ2v) is 11.9. The van der Waals surface area contributed by atoms with E-state index in [1.54, 1.807) is 17.4 Å². The molecule has 2 aliphatic rings. The monoisotopic (exact) mass is 553 g/mol. The van der Waals surface area contributed by atoms with Crippen molar-refractivity contribution in [3.63, 3.8) is 0 Å². The van der Waals surface area contributed by atoms with Gasteiger partial charge in [-0.05, 0) is 50.7 Å². The number of likely N-dealkylation sites (tertiary alicyclic amines) is 1. The molecule has 0 bridgehead atoms. The molecule has 1 unspecified atom stereocenters. The van der Waals surface area contributed by atoms with Gasteiger partial charge >= 0.3 is 0 Å². The zero-order valence-corrected chi connectivity index (χ0v) is 23.3. The number of para-hydroxylation sites is 1. The minimum Gasteiger partial charge on any atom is -0.440 e. The number of hydrogen-bond acceptors (Lipinski definition) is 7. The van der Waals surface area contributed by atoms with Crippen LogP contribution in [0.4, 0.5) is 11.6 Å². The zero-order chi connectivity index (χ0) is 27.2. The van der Waals surface area contributed by atoms with E-state index in [2.05, 4.69) is 52.5 Å². The fraction of sp³-hybridized carbons (Fsp3) is 0.312. The number of carbonyl (C=O) groups is 1. The number of morpholine rings is 1. The Kier molecular flexibility index (Phi) is 6.54. The van der Waals surface area contributed by atoms with Crippen LogP contribution in [0.3, 0.4) is 0 Å². The molecular weight excluding hydrogens is 522 g/mol. The zero-order valence-electron chi connectivity index (χ0n) is 22.4. The average molecular weight is 554 g/mol. The summed E-state index contributed by atoms with van der Waals surface area (Å²) in [5.41, 5.74) is 3.31. The van der Waals surface area contributed by atoms with Crippen molar-refractivity contribution in [2.75, 3.05) is 56.7 Å². The van der Waals surface area contributed by atoms with Crippen LogP contribution in [0.2, 0.25) is 0 Å². The third-order valence-electron chi connectivity index (χ3n) is 8.11. The standard InChI is InChI=1S/C32H31N3O4S/c1-34-12-4-5-20(19-34)32(37)33-21-10-11-28-26(17-21)24-8-3-7-23(31(24)40-28)22-6-2-9-25-27(36)18-29(39-30(22)25)35-13-15-38-16-14-35/h2-3,6-11,17-18,20H,4-5,12-16,19H2,1H3,(H,33,37). The number of carbonyl (C=O) groups excluding carboxylic acids is 1. The largest absolute Gasteiger partial charge is 0.440 e. The Balaban J connectivity index is 1.30. The Labute approximate surface area is 235 Å². The van der Waals surface area contributed by atoms with Gasteiger partial charge in [-0.3, -0.25) is 9.59 Å². The lowest BCUT2D eigenvalue weighted by molar-refractivity contribution is -0.121. The Morgan fingerprint density at radius 2 is 1.75 bits per heavy atom. The number of nitrogens with one attached hydrogen (secondary N) is 1. The molecule has 0 spiro atoms. The van der Waals surface area contributed by atoms with Crippen LogP contribution in [0.25, 0.3) is 42.3 Å². The van der Waals surface area contributed by atoms with E-state index in [1.165, 1.54) is 0 Å². The van der Waals surface area contributed by atoms with Crippen LogP contribution in [0, 0.1) is 5.92 Å². The number of hydrogen-bond donors (Lipinski definition) is 1. The number of nitrogens with zero attached hydrogens (tertiary/aromatic N) is 2. The van der Waals surface area contributed by atoms with Gasteiger partial charge in [0.05, 0.1) is 24.5 Å². The predicted octanol–water partition coefficient (Wildman–Crippen LogP) is 5.94. The van der Waals surface area contributed by atoms with Crippen molar-refractivity contribution in [3.05, 3.63) is 70.9 Å². The Morgan fingerprint density at radius 3 is 2.58 bits per heavy atom. The van der Waals surface area contributed by atoms with Crippen molar-refractivity contribution in [3.8, 4) is 11.1 Å². The first-order valence-corrected chi connectivity index (χ1v) is 14.7. The summed E-state index contributed by atoms with van der Waals surface area (Å²) < 4.78 is 14.2. The van der Waals surface area contributed by atoms with E-state index < -0.39 is 0 Å². The van der Waals surface area contributed by atoms with Crippen molar-refractivity contribution in [2.24, 2.45) is 5.92 Å². The van der Waals surface area contributed by atoms with Gasteiger partial charge in [0.1, 0.15) is 5.58 Å². The Hall–Kier alpha value is -3.72. The third kappa shape index (κ3) is 4.56.